The molecule has 0 radical (unpaired) electrons. The number of H-pyrrole nitrogens is 1. The van der Waals surface area contributed by atoms with Crippen LogP contribution in [0.3, 0.4) is 0 Å². The average Bonchev–Trinajstić information content (AvgIpc) is 3.16. The van der Waals surface area contributed by atoms with Crippen molar-refractivity contribution in [2.45, 2.75) is 31.9 Å². The second kappa shape index (κ2) is 9.19. The first-order valence-corrected chi connectivity index (χ1v) is 9.88. The number of nitrogens with two attached hydrogens (primary N) is 1. The minimum atomic E-state index is -0.690. The topological polar surface area (TPSA) is 110 Å². The standard InChI is InChI=1S/C23H29N3O4/c1-23(2,12-15-7-9-17(29-3)10-8-15)25-13-16(27)14-30-21-6-4-5-19-18(21)11-20(26-19)22(24)28/h4-11,16,25-27H,12-14H2,1-3H3,(H2,24,28). The van der Waals surface area contributed by atoms with Crippen LogP contribution in [0.1, 0.15) is 29.9 Å². The van der Waals surface area contributed by atoms with E-state index in [1.54, 1.807) is 19.2 Å². The van der Waals surface area contributed by atoms with Gasteiger partial charge >= 0.3 is 0 Å². The maximum absolute atomic E-state index is 11.4. The number of hydrogen-bond donors (Lipinski definition) is 4. The maximum atomic E-state index is 11.4. The number of aliphatic hydroxyl groups is 1. The number of carbonyl (C=O) groups excluding carboxylic acids is 1. The molecule has 0 aliphatic heterocycles. The molecule has 0 saturated carbocycles. The Morgan fingerprint density at radius 2 is 1.97 bits per heavy atom. The molecule has 1 unspecified atom stereocenters. The predicted octanol–water partition coefficient (Wildman–Crippen LogP) is 2.63. The van der Waals surface area contributed by atoms with Gasteiger partial charge in [0.1, 0.15) is 29.9 Å². The molecule has 0 spiro atoms. The van der Waals surface area contributed by atoms with Crippen molar-refractivity contribution >= 4 is 16.8 Å². The molecule has 30 heavy (non-hydrogen) atoms. The van der Waals surface area contributed by atoms with Gasteiger partial charge in [-0.25, -0.2) is 0 Å². The van der Waals surface area contributed by atoms with Gasteiger partial charge in [0, 0.05) is 23.0 Å². The van der Waals surface area contributed by atoms with Gasteiger partial charge in [0.25, 0.3) is 5.91 Å². The lowest BCUT2D eigenvalue weighted by atomic mass is 9.94. The highest BCUT2D eigenvalue weighted by Gasteiger charge is 2.20. The van der Waals surface area contributed by atoms with Crippen molar-refractivity contribution in [2.24, 2.45) is 5.73 Å². The molecule has 160 valence electrons. The van der Waals surface area contributed by atoms with E-state index in [1.807, 2.05) is 36.4 Å². The van der Waals surface area contributed by atoms with Crippen LogP contribution in [-0.4, -0.2) is 47.9 Å². The Morgan fingerprint density at radius 1 is 1.23 bits per heavy atom. The molecule has 1 amide bonds. The number of β-amino-alcohol motifs (C(OH)–C–C–N with tert-alkyl or cyclic N) is 1. The summed E-state index contributed by atoms with van der Waals surface area (Å²) in [5.74, 6) is 0.894. The van der Waals surface area contributed by atoms with Crippen LogP contribution in [0.4, 0.5) is 0 Å². The number of fused-ring (bicyclic) bond motifs is 1. The number of benzene rings is 2. The number of carbonyl (C=O) groups is 1. The van der Waals surface area contributed by atoms with Crippen molar-refractivity contribution in [3.05, 3.63) is 59.8 Å². The smallest absolute Gasteiger partial charge is 0.265 e. The summed E-state index contributed by atoms with van der Waals surface area (Å²) in [6, 6.07) is 15.1. The number of ether oxygens (including phenoxy) is 2. The summed E-state index contributed by atoms with van der Waals surface area (Å²) in [7, 11) is 1.65. The maximum Gasteiger partial charge on any atom is 0.265 e. The van der Waals surface area contributed by atoms with Crippen LogP contribution >= 0.6 is 0 Å². The number of hydrogen-bond acceptors (Lipinski definition) is 5. The monoisotopic (exact) mass is 411 g/mol. The third kappa shape index (κ3) is 5.52. The molecule has 5 N–H and O–H groups in total. The first-order chi connectivity index (χ1) is 14.3. The number of aliphatic hydroxyl groups excluding tert-OH is 1. The molecule has 1 aromatic heterocycles. The zero-order chi connectivity index (χ0) is 21.7. The zero-order valence-corrected chi connectivity index (χ0v) is 17.6. The van der Waals surface area contributed by atoms with Crippen molar-refractivity contribution in [3.63, 3.8) is 0 Å². The van der Waals surface area contributed by atoms with E-state index in [0.29, 0.717) is 18.0 Å². The van der Waals surface area contributed by atoms with Crippen LogP contribution in [0.15, 0.2) is 48.5 Å². The Labute approximate surface area is 176 Å². The summed E-state index contributed by atoms with van der Waals surface area (Å²) in [6.45, 7) is 4.70. The fourth-order valence-electron chi connectivity index (χ4n) is 3.34. The molecule has 3 rings (SSSR count). The SMILES string of the molecule is COc1ccc(CC(C)(C)NCC(O)COc2cccc3[nH]c(C(N)=O)cc23)cc1. The Hall–Kier alpha value is -3.03. The number of amides is 1. The van der Waals surface area contributed by atoms with Crippen molar-refractivity contribution < 1.29 is 19.4 Å². The molecule has 7 nitrogen and oxygen atoms in total. The molecule has 0 bridgehead atoms. The quantitative estimate of drug-likeness (QED) is 0.410. The minimum Gasteiger partial charge on any atom is -0.497 e. The molecule has 0 saturated heterocycles. The van der Waals surface area contributed by atoms with Gasteiger partial charge in [-0.15, -0.1) is 0 Å². The van der Waals surface area contributed by atoms with Gasteiger partial charge in [0.15, 0.2) is 0 Å². The molecular weight excluding hydrogens is 382 g/mol. The molecule has 0 aliphatic carbocycles. The van der Waals surface area contributed by atoms with E-state index in [4.69, 9.17) is 15.2 Å². The second-order valence-corrected chi connectivity index (χ2v) is 8.02. The number of methoxy groups -OCH3 is 1. The van der Waals surface area contributed by atoms with Crippen LogP contribution in [0.25, 0.3) is 10.9 Å². The Balaban J connectivity index is 1.53. The largest absolute Gasteiger partial charge is 0.497 e. The molecule has 1 atom stereocenters. The summed E-state index contributed by atoms with van der Waals surface area (Å²) in [5.41, 5.74) is 7.40. The van der Waals surface area contributed by atoms with Crippen molar-refractivity contribution in [2.75, 3.05) is 20.3 Å². The van der Waals surface area contributed by atoms with Crippen LogP contribution in [-0.2, 0) is 6.42 Å². The van der Waals surface area contributed by atoms with E-state index in [2.05, 4.69) is 24.1 Å². The summed E-state index contributed by atoms with van der Waals surface area (Å²) >= 11 is 0. The van der Waals surface area contributed by atoms with E-state index in [-0.39, 0.29) is 12.1 Å². The zero-order valence-electron chi connectivity index (χ0n) is 17.6. The highest BCUT2D eigenvalue weighted by Crippen LogP contribution is 2.26. The van der Waals surface area contributed by atoms with Gasteiger partial charge in [-0.3, -0.25) is 4.79 Å². The normalized spacial score (nSPS) is 12.7. The third-order valence-corrected chi connectivity index (χ3v) is 4.94. The second-order valence-electron chi connectivity index (χ2n) is 8.02. The molecule has 0 aliphatic rings. The van der Waals surface area contributed by atoms with E-state index in [1.165, 1.54) is 5.56 Å². The Kier molecular flexibility index (Phi) is 6.64. The van der Waals surface area contributed by atoms with Crippen LogP contribution < -0.4 is 20.5 Å². The van der Waals surface area contributed by atoms with E-state index < -0.39 is 12.0 Å². The van der Waals surface area contributed by atoms with Crippen molar-refractivity contribution in [1.82, 2.24) is 10.3 Å². The summed E-state index contributed by atoms with van der Waals surface area (Å²) in [4.78, 5) is 14.3. The van der Waals surface area contributed by atoms with E-state index in [9.17, 15) is 9.90 Å². The first kappa shape index (κ1) is 21.7. The molecule has 0 fully saturated rings. The van der Waals surface area contributed by atoms with Gasteiger partial charge < -0.3 is 30.6 Å². The number of aromatic nitrogens is 1. The van der Waals surface area contributed by atoms with E-state index in [0.717, 1.165) is 23.1 Å². The lowest BCUT2D eigenvalue weighted by Crippen LogP contribution is -2.46. The Bertz CT molecular complexity index is 995. The van der Waals surface area contributed by atoms with E-state index >= 15 is 0 Å². The van der Waals surface area contributed by atoms with Gasteiger partial charge in [-0.05, 0) is 56.2 Å². The van der Waals surface area contributed by atoms with Gasteiger partial charge in [0.2, 0.25) is 0 Å². The summed E-state index contributed by atoms with van der Waals surface area (Å²) in [5, 5.41) is 14.5. The van der Waals surface area contributed by atoms with Crippen LogP contribution in [0.2, 0.25) is 0 Å². The van der Waals surface area contributed by atoms with Crippen molar-refractivity contribution in [1.29, 1.82) is 0 Å². The number of aromatic amines is 1. The lowest BCUT2D eigenvalue weighted by Gasteiger charge is -2.28. The summed E-state index contributed by atoms with van der Waals surface area (Å²) < 4.78 is 11.0. The third-order valence-electron chi connectivity index (χ3n) is 4.94. The molecule has 3 aromatic rings. The predicted molar refractivity (Wildman–Crippen MR) is 117 cm³/mol. The molecular formula is C23H29N3O4. The van der Waals surface area contributed by atoms with Crippen molar-refractivity contribution in [3.8, 4) is 11.5 Å². The van der Waals surface area contributed by atoms with Gasteiger partial charge in [0.05, 0.1) is 7.11 Å². The molecule has 7 heteroatoms. The fraction of sp³-hybridized carbons (Fsp3) is 0.348. The number of primary amides is 1. The number of rotatable bonds is 10. The van der Waals surface area contributed by atoms with Gasteiger partial charge in [-0.2, -0.15) is 0 Å². The molecule has 1 heterocycles. The fourth-order valence-corrected chi connectivity index (χ4v) is 3.34. The highest BCUT2D eigenvalue weighted by atomic mass is 16.5. The Morgan fingerprint density at radius 3 is 2.63 bits per heavy atom. The average molecular weight is 412 g/mol. The van der Waals surface area contributed by atoms with Crippen LogP contribution in [0, 0.1) is 0 Å². The number of nitrogens with one attached hydrogen (secondary N) is 2. The van der Waals surface area contributed by atoms with Gasteiger partial charge in [-0.1, -0.05) is 18.2 Å². The first-order valence-electron chi connectivity index (χ1n) is 9.88. The van der Waals surface area contributed by atoms with Crippen LogP contribution in [0.5, 0.6) is 11.5 Å². The molecule has 2 aromatic carbocycles. The summed E-state index contributed by atoms with van der Waals surface area (Å²) in [6.07, 6.45) is 0.119. The lowest BCUT2D eigenvalue weighted by molar-refractivity contribution is 0.0992. The minimum absolute atomic E-state index is 0.127. The highest BCUT2D eigenvalue weighted by molar-refractivity contribution is 5.98.